The Morgan fingerprint density at radius 1 is 1.46 bits per heavy atom. The maximum Gasteiger partial charge on any atom is 0.323 e. The van der Waals surface area contributed by atoms with Crippen molar-refractivity contribution in [3.05, 3.63) is 34.9 Å². The van der Waals surface area contributed by atoms with Crippen molar-refractivity contribution >= 4 is 35.2 Å². The minimum atomic E-state index is -0.456. The van der Waals surface area contributed by atoms with Crippen LogP contribution in [0, 0.1) is 0 Å². The van der Waals surface area contributed by atoms with Gasteiger partial charge in [0, 0.05) is 22.9 Å². The number of carbonyl (C=O) groups excluding carboxylic acids is 2. The lowest BCUT2D eigenvalue weighted by molar-refractivity contribution is -0.149. The molecule has 1 aliphatic heterocycles. The molecule has 0 aliphatic carbocycles. The third kappa shape index (κ3) is 4.43. The zero-order chi connectivity index (χ0) is 17.7. The van der Waals surface area contributed by atoms with E-state index in [0.717, 1.165) is 11.3 Å². The highest BCUT2D eigenvalue weighted by Gasteiger charge is 2.33. The van der Waals surface area contributed by atoms with E-state index in [0.29, 0.717) is 18.2 Å². The van der Waals surface area contributed by atoms with E-state index in [2.05, 4.69) is 0 Å². The Kier molecular flexibility index (Phi) is 6.95. The first kappa shape index (κ1) is 19.1. The molecule has 1 amide bonds. The highest BCUT2D eigenvalue weighted by atomic mass is 35.5. The van der Waals surface area contributed by atoms with Crippen molar-refractivity contribution in [2.75, 3.05) is 32.5 Å². The lowest BCUT2D eigenvalue weighted by Gasteiger charge is -2.28. The lowest BCUT2D eigenvalue weighted by Crippen LogP contribution is -2.44. The summed E-state index contributed by atoms with van der Waals surface area (Å²) in [6.07, 6.45) is 0. The monoisotopic (exact) mass is 370 g/mol. The van der Waals surface area contributed by atoms with Gasteiger partial charge in [0.25, 0.3) is 0 Å². The number of hydrogen-bond acceptors (Lipinski definition) is 5. The Hall–Kier alpha value is -1.24. The van der Waals surface area contributed by atoms with E-state index in [1.165, 1.54) is 0 Å². The minimum Gasteiger partial charge on any atom is -0.465 e. The number of ether oxygens (including phenoxy) is 1. The number of nitrogens with zero attached hydrogens (tertiary/aromatic N) is 2. The van der Waals surface area contributed by atoms with Crippen molar-refractivity contribution in [3.8, 4) is 0 Å². The van der Waals surface area contributed by atoms with Gasteiger partial charge in [0.05, 0.1) is 13.2 Å². The molecule has 1 aliphatic rings. The number of hydrogen-bond donors (Lipinski definition) is 0. The molecule has 1 heterocycles. The first-order chi connectivity index (χ1) is 11.5. The summed E-state index contributed by atoms with van der Waals surface area (Å²) in [7, 11) is 1.76. The minimum absolute atomic E-state index is 0.0106. The third-order valence-corrected chi connectivity index (χ3v) is 5.64. The molecule has 0 unspecified atom stereocenters. The number of likely N-dealkylation sites (N-methyl/N-ethyl adjacent to an activating group) is 1. The van der Waals surface area contributed by atoms with Crippen LogP contribution >= 0.6 is 23.4 Å². The van der Waals surface area contributed by atoms with Gasteiger partial charge in [0.2, 0.25) is 5.91 Å². The molecule has 1 aromatic rings. The SMILES string of the molecule is CCOC(=O)[C@H](C)N(C)CC(=O)N1CCS[C@H]1c1ccccc1Cl. The number of esters is 1. The number of carbonyl (C=O) groups is 2. The average Bonchev–Trinajstić information content (AvgIpc) is 3.04. The molecular weight excluding hydrogens is 348 g/mol. The van der Waals surface area contributed by atoms with Gasteiger partial charge in [-0.15, -0.1) is 11.8 Å². The van der Waals surface area contributed by atoms with E-state index in [1.807, 2.05) is 29.2 Å². The van der Waals surface area contributed by atoms with E-state index in [1.54, 1.807) is 37.6 Å². The summed E-state index contributed by atoms with van der Waals surface area (Å²) in [5, 5.41) is 0.598. The van der Waals surface area contributed by atoms with E-state index >= 15 is 0 Å². The van der Waals surface area contributed by atoms with Crippen LogP contribution in [-0.4, -0.2) is 60.2 Å². The van der Waals surface area contributed by atoms with Gasteiger partial charge >= 0.3 is 5.97 Å². The predicted molar refractivity (Wildman–Crippen MR) is 97.1 cm³/mol. The smallest absolute Gasteiger partial charge is 0.323 e. The second-order valence-electron chi connectivity index (χ2n) is 5.67. The molecule has 0 bridgehead atoms. The Morgan fingerprint density at radius 3 is 2.83 bits per heavy atom. The second kappa shape index (κ2) is 8.74. The molecule has 0 radical (unpaired) electrons. The molecule has 0 spiro atoms. The van der Waals surface area contributed by atoms with Gasteiger partial charge in [-0.05, 0) is 27.0 Å². The van der Waals surface area contributed by atoms with E-state index in [4.69, 9.17) is 16.3 Å². The van der Waals surface area contributed by atoms with E-state index in [9.17, 15) is 9.59 Å². The molecule has 24 heavy (non-hydrogen) atoms. The number of amides is 1. The second-order valence-corrected chi connectivity index (χ2v) is 7.27. The van der Waals surface area contributed by atoms with Crippen LogP contribution in [-0.2, 0) is 14.3 Å². The van der Waals surface area contributed by atoms with Gasteiger partial charge in [-0.25, -0.2) is 0 Å². The molecule has 1 saturated heterocycles. The van der Waals surface area contributed by atoms with Crippen molar-refractivity contribution < 1.29 is 14.3 Å². The van der Waals surface area contributed by atoms with Gasteiger partial charge < -0.3 is 9.64 Å². The summed E-state index contributed by atoms with van der Waals surface area (Å²) in [4.78, 5) is 28.1. The maximum atomic E-state index is 12.7. The Morgan fingerprint density at radius 2 is 2.17 bits per heavy atom. The molecule has 132 valence electrons. The summed E-state index contributed by atoms with van der Waals surface area (Å²) in [5.74, 6) is 0.550. The summed E-state index contributed by atoms with van der Waals surface area (Å²) < 4.78 is 5.01. The van der Waals surface area contributed by atoms with Crippen LogP contribution in [0.1, 0.15) is 24.8 Å². The average molecular weight is 371 g/mol. The fourth-order valence-electron chi connectivity index (χ4n) is 2.54. The van der Waals surface area contributed by atoms with Gasteiger partial charge in [0.15, 0.2) is 0 Å². The Bertz CT molecular complexity index is 599. The number of benzene rings is 1. The van der Waals surface area contributed by atoms with Crippen LogP contribution in [0.15, 0.2) is 24.3 Å². The Balaban J connectivity index is 2.03. The molecule has 0 aromatic heterocycles. The molecule has 5 nitrogen and oxygen atoms in total. The summed E-state index contributed by atoms with van der Waals surface area (Å²) in [6.45, 7) is 4.70. The standard InChI is InChI=1S/C17H23ClN2O3S/c1-4-23-17(22)12(2)19(3)11-15(21)20-9-10-24-16(20)13-7-5-6-8-14(13)18/h5-8,12,16H,4,9-11H2,1-3H3/t12-,16-/m0/s1. The van der Waals surface area contributed by atoms with Crippen molar-refractivity contribution in [2.45, 2.75) is 25.3 Å². The number of halogens is 1. The van der Waals surface area contributed by atoms with Crippen LogP contribution in [0.2, 0.25) is 5.02 Å². The van der Waals surface area contributed by atoms with E-state index in [-0.39, 0.29) is 23.8 Å². The summed E-state index contributed by atoms with van der Waals surface area (Å²) in [6, 6.07) is 7.15. The Labute approximate surface area is 152 Å². The van der Waals surface area contributed by atoms with E-state index < -0.39 is 6.04 Å². The third-order valence-electron chi connectivity index (χ3n) is 4.06. The van der Waals surface area contributed by atoms with Crippen LogP contribution in [0.5, 0.6) is 0 Å². The van der Waals surface area contributed by atoms with Crippen molar-refractivity contribution in [1.82, 2.24) is 9.80 Å². The molecular formula is C17H23ClN2O3S. The summed E-state index contributed by atoms with van der Waals surface area (Å²) in [5.41, 5.74) is 0.955. The molecule has 0 N–H and O–H groups in total. The summed E-state index contributed by atoms with van der Waals surface area (Å²) >= 11 is 7.99. The molecule has 7 heteroatoms. The fraction of sp³-hybridized carbons (Fsp3) is 0.529. The topological polar surface area (TPSA) is 49.9 Å². The number of thioether (sulfide) groups is 1. The fourth-order valence-corrected chi connectivity index (χ4v) is 4.16. The van der Waals surface area contributed by atoms with Crippen LogP contribution < -0.4 is 0 Å². The van der Waals surface area contributed by atoms with Gasteiger partial charge in [-0.2, -0.15) is 0 Å². The molecule has 1 aromatic carbocycles. The molecule has 0 saturated carbocycles. The van der Waals surface area contributed by atoms with Crippen LogP contribution in [0.25, 0.3) is 0 Å². The zero-order valence-corrected chi connectivity index (χ0v) is 15.8. The first-order valence-electron chi connectivity index (χ1n) is 7.98. The predicted octanol–water partition coefficient (Wildman–Crippen LogP) is 2.80. The van der Waals surface area contributed by atoms with Crippen molar-refractivity contribution in [3.63, 3.8) is 0 Å². The molecule has 2 rings (SSSR count). The van der Waals surface area contributed by atoms with Gasteiger partial charge in [-0.3, -0.25) is 14.5 Å². The largest absolute Gasteiger partial charge is 0.465 e. The lowest BCUT2D eigenvalue weighted by atomic mass is 10.2. The van der Waals surface area contributed by atoms with Crippen molar-refractivity contribution in [1.29, 1.82) is 0 Å². The van der Waals surface area contributed by atoms with Crippen LogP contribution in [0.4, 0.5) is 0 Å². The van der Waals surface area contributed by atoms with Crippen molar-refractivity contribution in [2.24, 2.45) is 0 Å². The highest BCUT2D eigenvalue weighted by Crippen LogP contribution is 2.40. The zero-order valence-electron chi connectivity index (χ0n) is 14.2. The number of rotatable bonds is 6. The molecule has 1 fully saturated rings. The normalized spacial score (nSPS) is 18.7. The van der Waals surface area contributed by atoms with Gasteiger partial charge in [0.1, 0.15) is 11.4 Å². The first-order valence-corrected chi connectivity index (χ1v) is 9.40. The van der Waals surface area contributed by atoms with Gasteiger partial charge in [-0.1, -0.05) is 29.8 Å². The maximum absolute atomic E-state index is 12.7. The molecule has 2 atom stereocenters. The van der Waals surface area contributed by atoms with Crippen LogP contribution in [0.3, 0.4) is 0 Å². The quantitative estimate of drug-likeness (QED) is 0.721. The highest BCUT2D eigenvalue weighted by molar-refractivity contribution is 7.99.